The number of nitrogens with zero attached hydrogens (tertiary/aromatic N) is 4. The lowest BCUT2D eigenvalue weighted by Crippen LogP contribution is -2.22. The Bertz CT molecular complexity index is 2660. The number of allylic oxidation sites excluding steroid dienone is 1. The second kappa shape index (κ2) is 11.8. The van der Waals surface area contributed by atoms with Gasteiger partial charge in [0.1, 0.15) is 5.71 Å². The van der Waals surface area contributed by atoms with Gasteiger partial charge in [-0.1, -0.05) is 127 Å². The molecule has 0 saturated heterocycles. The molecular weight excluding hydrogens is 619 g/mol. The summed E-state index contributed by atoms with van der Waals surface area (Å²) in [5.41, 5.74) is 12.7. The highest BCUT2D eigenvalue weighted by Gasteiger charge is 2.28. The minimum absolute atomic E-state index is 0.339. The predicted molar refractivity (Wildman–Crippen MR) is 206 cm³/mol. The summed E-state index contributed by atoms with van der Waals surface area (Å²) in [4.78, 5) is 15.4. The number of rotatable bonds is 4. The number of benzene rings is 5. The normalized spacial score (nSPS) is 13.6. The molecule has 1 N–H and O–H groups in total. The number of fused-ring (bicyclic) bond motifs is 6. The summed E-state index contributed by atoms with van der Waals surface area (Å²) in [5.74, 6) is 0. The Kier molecular flexibility index (Phi) is 6.95. The van der Waals surface area contributed by atoms with E-state index in [0.717, 1.165) is 88.7 Å². The van der Waals surface area contributed by atoms with Gasteiger partial charge < -0.3 is 0 Å². The highest BCUT2D eigenvalue weighted by molar-refractivity contribution is 7.79. The first-order valence-corrected chi connectivity index (χ1v) is 16.4. The van der Waals surface area contributed by atoms with Gasteiger partial charge >= 0.3 is 0 Å². The van der Waals surface area contributed by atoms with Crippen molar-refractivity contribution < 1.29 is 0 Å². The van der Waals surface area contributed by atoms with Crippen molar-refractivity contribution >= 4 is 68.6 Å². The maximum absolute atomic E-state index is 9.13. The molecule has 0 saturated carbocycles. The van der Waals surface area contributed by atoms with E-state index in [1.807, 2.05) is 72.8 Å². The standard InChI is InChI=1S/C43H27N5S/c44-39-33(26-9-3-1-4-10-26)25-34-38(43(39)48-49)32-13-7-8-14-37(32)47-40(34)29-17-15-28(16-18-29)36-24-22-31-20-19-30-21-23-35(27-11-5-2-6-12-27)45-41(30)42(31)46-36/h1-25,44,49H/b44-39?,48-43-. The van der Waals surface area contributed by atoms with Gasteiger partial charge in [-0.2, -0.15) is 0 Å². The molecule has 0 unspecified atom stereocenters. The number of aromatic nitrogens is 3. The first kappa shape index (κ1) is 28.9. The topological polar surface area (TPSA) is 74.9 Å². The lowest BCUT2D eigenvalue weighted by Gasteiger charge is -2.23. The molecule has 49 heavy (non-hydrogen) atoms. The van der Waals surface area contributed by atoms with Crippen LogP contribution in [0.25, 0.3) is 78.1 Å². The second-order valence-electron chi connectivity index (χ2n) is 12.1. The van der Waals surface area contributed by atoms with Crippen LogP contribution in [0.1, 0.15) is 16.7 Å². The number of para-hydroxylation sites is 1. The molecule has 0 atom stereocenters. The third-order valence-corrected chi connectivity index (χ3v) is 9.39. The van der Waals surface area contributed by atoms with Crippen LogP contribution < -0.4 is 0 Å². The van der Waals surface area contributed by atoms with Crippen molar-refractivity contribution in [2.45, 2.75) is 0 Å². The smallest absolute Gasteiger partial charge is 0.105 e. The van der Waals surface area contributed by atoms with E-state index >= 15 is 0 Å². The van der Waals surface area contributed by atoms with E-state index in [-0.39, 0.29) is 0 Å². The van der Waals surface area contributed by atoms with Crippen molar-refractivity contribution in [3.05, 3.63) is 162 Å². The fraction of sp³-hybridized carbons (Fsp3) is 0. The number of pyridine rings is 3. The first-order chi connectivity index (χ1) is 24.2. The Labute approximate surface area is 288 Å². The average molecular weight is 646 g/mol. The van der Waals surface area contributed by atoms with Gasteiger partial charge in [0.15, 0.2) is 0 Å². The van der Waals surface area contributed by atoms with Gasteiger partial charge in [-0.15, -0.1) is 0 Å². The zero-order chi connectivity index (χ0) is 32.9. The van der Waals surface area contributed by atoms with E-state index in [2.05, 4.69) is 96.1 Å². The maximum Gasteiger partial charge on any atom is 0.105 e. The zero-order valence-corrected chi connectivity index (χ0v) is 27.1. The van der Waals surface area contributed by atoms with Crippen LogP contribution in [0.3, 0.4) is 0 Å². The van der Waals surface area contributed by atoms with E-state index in [1.54, 1.807) is 0 Å². The van der Waals surface area contributed by atoms with Gasteiger partial charge in [0, 0.05) is 49.5 Å². The minimum Gasteiger partial charge on any atom is -0.298 e. The van der Waals surface area contributed by atoms with Gasteiger partial charge in [-0.3, -0.25) is 5.41 Å². The summed E-state index contributed by atoms with van der Waals surface area (Å²) in [7, 11) is 0. The third-order valence-electron chi connectivity index (χ3n) is 9.19. The van der Waals surface area contributed by atoms with Crippen molar-refractivity contribution in [3.63, 3.8) is 0 Å². The Morgan fingerprint density at radius 3 is 1.67 bits per heavy atom. The Hall–Kier alpha value is -6.24. The third kappa shape index (κ3) is 4.93. The van der Waals surface area contributed by atoms with Crippen molar-refractivity contribution in [3.8, 4) is 33.8 Å². The predicted octanol–water partition coefficient (Wildman–Crippen LogP) is 10.5. The van der Waals surface area contributed by atoms with Gasteiger partial charge in [-0.05, 0) is 42.7 Å². The molecule has 1 aliphatic carbocycles. The molecule has 6 heteroatoms. The van der Waals surface area contributed by atoms with Gasteiger partial charge in [0.25, 0.3) is 0 Å². The highest BCUT2D eigenvalue weighted by Crippen LogP contribution is 2.39. The van der Waals surface area contributed by atoms with Crippen LogP contribution >= 0.6 is 12.8 Å². The molecular formula is C43H27N5S. The van der Waals surface area contributed by atoms with Crippen LogP contribution in [0, 0.1) is 5.41 Å². The summed E-state index contributed by atoms with van der Waals surface area (Å²) >= 11 is 4.36. The van der Waals surface area contributed by atoms with E-state index in [9.17, 15) is 0 Å². The zero-order valence-electron chi connectivity index (χ0n) is 26.2. The van der Waals surface area contributed by atoms with Crippen LogP contribution in [0.2, 0.25) is 0 Å². The fourth-order valence-electron chi connectivity index (χ4n) is 6.75. The van der Waals surface area contributed by atoms with Crippen molar-refractivity contribution in [1.82, 2.24) is 15.0 Å². The molecule has 5 aromatic carbocycles. The summed E-state index contributed by atoms with van der Waals surface area (Å²) in [6.07, 6.45) is 2.07. The summed E-state index contributed by atoms with van der Waals surface area (Å²) in [5, 5.41) is 12.2. The summed E-state index contributed by atoms with van der Waals surface area (Å²) in [6, 6.07) is 49.2. The quantitative estimate of drug-likeness (QED) is 0.148. The molecule has 0 bridgehead atoms. The van der Waals surface area contributed by atoms with Crippen LogP contribution in [-0.2, 0) is 0 Å². The molecule has 0 spiro atoms. The lowest BCUT2D eigenvalue weighted by molar-refractivity contribution is 1.36. The summed E-state index contributed by atoms with van der Waals surface area (Å²) in [6.45, 7) is 0. The SMILES string of the molecule is N=C1C(c2ccccc2)=Cc2c(-c3ccc(-c4ccc5ccc6ccc(-c7ccccc7)nc6c5n4)cc3)nc3ccccc3c2/C1=N/S. The molecule has 5 nitrogen and oxygen atoms in total. The Balaban J connectivity index is 1.18. The molecule has 8 aromatic rings. The molecule has 0 fully saturated rings. The molecule has 1 aliphatic rings. The second-order valence-corrected chi connectivity index (χ2v) is 12.3. The van der Waals surface area contributed by atoms with Gasteiger partial charge in [0.05, 0.1) is 39.3 Å². The highest BCUT2D eigenvalue weighted by atomic mass is 32.1. The number of thiol groups is 1. The van der Waals surface area contributed by atoms with Crippen LogP contribution in [-0.4, -0.2) is 26.4 Å². The Morgan fingerprint density at radius 2 is 1.04 bits per heavy atom. The van der Waals surface area contributed by atoms with Crippen molar-refractivity contribution in [2.24, 2.45) is 4.40 Å². The largest absolute Gasteiger partial charge is 0.298 e. The number of hydrogen-bond donors (Lipinski definition) is 2. The van der Waals surface area contributed by atoms with Crippen LogP contribution in [0.5, 0.6) is 0 Å². The molecule has 230 valence electrons. The minimum atomic E-state index is 0.339. The van der Waals surface area contributed by atoms with Crippen LogP contribution in [0.15, 0.2) is 150 Å². The summed E-state index contributed by atoms with van der Waals surface area (Å²) < 4.78 is 4.36. The molecule has 0 amide bonds. The van der Waals surface area contributed by atoms with E-state index in [1.165, 1.54) is 0 Å². The Morgan fingerprint density at radius 1 is 0.510 bits per heavy atom. The monoisotopic (exact) mass is 645 g/mol. The molecule has 3 aromatic heterocycles. The van der Waals surface area contributed by atoms with Crippen molar-refractivity contribution in [1.29, 1.82) is 5.41 Å². The first-order valence-electron chi connectivity index (χ1n) is 16.0. The number of nitrogens with one attached hydrogen (secondary N) is 1. The molecule has 0 aliphatic heterocycles. The fourth-order valence-corrected chi connectivity index (χ4v) is 6.95. The van der Waals surface area contributed by atoms with E-state index in [4.69, 9.17) is 20.4 Å². The van der Waals surface area contributed by atoms with E-state index in [0.29, 0.717) is 11.4 Å². The van der Waals surface area contributed by atoms with Gasteiger partial charge in [0.2, 0.25) is 0 Å². The number of hydrogen-bond acceptors (Lipinski definition) is 6. The van der Waals surface area contributed by atoms with Gasteiger partial charge in [-0.25, -0.2) is 19.3 Å². The van der Waals surface area contributed by atoms with Crippen molar-refractivity contribution in [2.75, 3.05) is 0 Å². The van der Waals surface area contributed by atoms with E-state index < -0.39 is 0 Å². The molecule has 0 radical (unpaired) electrons. The average Bonchev–Trinajstić information content (AvgIpc) is 3.17. The molecule has 9 rings (SSSR count). The van der Waals surface area contributed by atoms with Crippen LogP contribution in [0.4, 0.5) is 0 Å². The maximum atomic E-state index is 9.13. The lowest BCUT2D eigenvalue weighted by atomic mass is 9.82. The molecule has 3 heterocycles.